The lowest BCUT2D eigenvalue weighted by Crippen LogP contribution is -2.53. The molecule has 3 aromatic rings. The van der Waals surface area contributed by atoms with Crippen LogP contribution in [0.5, 0.6) is 17.2 Å². The van der Waals surface area contributed by atoms with Crippen molar-refractivity contribution in [2.24, 2.45) is 11.8 Å². The van der Waals surface area contributed by atoms with Gasteiger partial charge in [-0.25, -0.2) is 4.79 Å². The Balaban J connectivity index is 1.15. The molecule has 0 amide bonds. The van der Waals surface area contributed by atoms with E-state index in [2.05, 4.69) is 55.3 Å². The first kappa shape index (κ1) is 34.0. The van der Waals surface area contributed by atoms with E-state index in [0.717, 1.165) is 55.0 Å². The largest absolute Gasteiger partial charge is 0.493 e. The zero-order valence-corrected chi connectivity index (χ0v) is 30.0. The number of rotatable bonds is 9. The SMILES string of the molecule is C[C@@H](COc1ccnc2c1[C@H](C)CCC2)C[C@H]1Cc2cc3c(cc2C12CCC(Nc1cccc(Cl)c1)(C(=O)O)CC2)OCC(N(C)C)CO3. The number of carboxylic acid groups (broad SMARTS) is 1. The van der Waals surface area contributed by atoms with Crippen molar-refractivity contribution in [2.75, 3.05) is 39.2 Å². The van der Waals surface area contributed by atoms with Gasteiger partial charge in [0.25, 0.3) is 0 Å². The molecular formula is C40H50ClN3O5. The van der Waals surface area contributed by atoms with Crippen LogP contribution in [-0.2, 0) is 23.1 Å². The van der Waals surface area contributed by atoms with Crippen molar-refractivity contribution >= 4 is 23.3 Å². The van der Waals surface area contributed by atoms with Crippen molar-refractivity contribution in [3.05, 3.63) is 76.1 Å². The Hall–Kier alpha value is -3.49. The van der Waals surface area contributed by atoms with Gasteiger partial charge in [-0.2, -0.15) is 0 Å². The number of aryl methyl sites for hydroxylation is 1. The third kappa shape index (κ3) is 6.59. The molecule has 1 saturated carbocycles. The van der Waals surface area contributed by atoms with Gasteiger partial charge >= 0.3 is 5.97 Å². The summed E-state index contributed by atoms with van der Waals surface area (Å²) >= 11 is 6.29. The third-order valence-electron chi connectivity index (χ3n) is 11.9. The lowest BCUT2D eigenvalue weighted by atomic mass is 9.59. The number of pyridine rings is 1. The van der Waals surface area contributed by atoms with E-state index < -0.39 is 11.5 Å². The Morgan fingerprint density at radius 3 is 2.59 bits per heavy atom. The van der Waals surface area contributed by atoms with E-state index in [1.165, 1.54) is 35.2 Å². The molecule has 3 aliphatic carbocycles. The van der Waals surface area contributed by atoms with Crippen molar-refractivity contribution in [1.82, 2.24) is 9.88 Å². The summed E-state index contributed by atoms with van der Waals surface area (Å²) in [5.74, 6) is 2.88. The van der Waals surface area contributed by atoms with E-state index in [1.807, 2.05) is 24.4 Å². The molecule has 2 heterocycles. The van der Waals surface area contributed by atoms with Gasteiger partial charge < -0.3 is 29.5 Å². The number of anilines is 1. The minimum Gasteiger partial charge on any atom is -0.493 e. The number of hydrogen-bond acceptors (Lipinski definition) is 7. The summed E-state index contributed by atoms with van der Waals surface area (Å²) in [6, 6.07) is 14.0. The molecule has 1 spiro atoms. The van der Waals surface area contributed by atoms with Gasteiger partial charge in [-0.3, -0.25) is 4.98 Å². The van der Waals surface area contributed by atoms with Crippen LogP contribution in [0, 0.1) is 11.8 Å². The molecule has 0 radical (unpaired) electrons. The lowest BCUT2D eigenvalue weighted by Gasteiger charge is -2.47. The highest BCUT2D eigenvalue weighted by Gasteiger charge is 2.54. The molecule has 1 unspecified atom stereocenters. The molecule has 1 aliphatic heterocycles. The Kier molecular flexibility index (Phi) is 9.48. The van der Waals surface area contributed by atoms with Crippen LogP contribution in [-0.4, -0.2) is 66.5 Å². The maximum absolute atomic E-state index is 13.0. The van der Waals surface area contributed by atoms with Crippen molar-refractivity contribution in [3.63, 3.8) is 0 Å². The standard InChI is InChI=1S/C40H50ClN3O5/c1-25(22-47-34-11-16-42-33-10-5-7-26(2)37(33)34)17-28-18-27-19-35-36(49-24-31(23-48-35)44(3)4)21-32(27)39(28)12-14-40(15-13-39,38(45)46)43-30-9-6-8-29(41)20-30/h6,8-9,11,16,19-21,25-26,28,31,43H,5,7,10,12-15,17-18,22-24H2,1-4H3,(H,45,46)/t25-,26-,28+,31?,39?,40?/m1/s1. The molecular weight excluding hydrogens is 638 g/mol. The van der Waals surface area contributed by atoms with E-state index in [9.17, 15) is 9.90 Å². The summed E-state index contributed by atoms with van der Waals surface area (Å²) in [6.07, 6.45) is 9.70. The number of hydrogen-bond donors (Lipinski definition) is 2. The van der Waals surface area contributed by atoms with Gasteiger partial charge in [-0.05, 0) is 143 Å². The van der Waals surface area contributed by atoms with E-state index in [1.54, 1.807) is 12.1 Å². The van der Waals surface area contributed by atoms with E-state index in [-0.39, 0.29) is 11.5 Å². The van der Waals surface area contributed by atoms with E-state index in [4.69, 9.17) is 25.8 Å². The smallest absolute Gasteiger partial charge is 0.329 e. The summed E-state index contributed by atoms with van der Waals surface area (Å²) < 4.78 is 19.3. The topological polar surface area (TPSA) is 93.2 Å². The van der Waals surface area contributed by atoms with Crippen LogP contribution in [0.3, 0.4) is 0 Å². The molecule has 2 aromatic carbocycles. The fourth-order valence-corrected chi connectivity index (χ4v) is 9.25. The molecule has 7 rings (SSSR count). The second-order valence-corrected chi connectivity index (χ2v) is 15.8. The Morgan fingerprint density at radius 2 is 1.88 bits per heavy atom. The first-order valence-electron chi connectivity index (χ1n) is 18.0. The predicted octanol–water partition coefficient (Wildman–Crippen LogP) is 7.90. The van der Waals surface area contributed by atoms with Gasteiger partial charge in [0.2, 0.25) is 0 Å². The quantitative estimate of drug-likeness (QED) is 0.235. The van der Waals surface area contributed by atoms with Crippen LogP contribution in [0.15, 0.2) is 48.7 Å². The Labute approximate surface area is 295 Å². The number of halogens is 1. The zero-order chi connectivity index (χ0) is 34.3. The van der Waals surface area contributed by atoms with Gasteiger partial charge in [0.1, 0.15) is 24.5 Å². The number of nitrogens with zero attached hydrogens (tertiary/aromatic N) is 2. The van der Waals surface area contributed by atoms with Gasteiger partial charge in [0.05, 0.1) is 12.6 Å². The fraction of sp³-hybridized carbons (Fsp3) is 0.550. The van der Waals surface area contributed by atoms with Gasteiger partial charge in [0.15, 0.2) is 11.5 Å². The van der Waals surface area contributed by atoms with Gasteiger partial charge in [-0.1, -0.05) is 31.5 Å². The molecule has 8 nitrogen and oxygen atoms in total. The summed E-state index contributed by atoms with van der Waals surface area (Å²) in [5, 5.41) is 14.6. The monoisotopic (exact) mass is 687 g/mol. The Bertz CT molecular complexity index is 1690. The van der Waals surface area contributed by atoms with Crippen LogP contribution >= 0.6 is 11.6 Å². The average Bonchev–Trinajstić information content (AvgIpc) is 3.20. The molecule has 262 valence electrons. The van der Waals surface area contributed by atoms with Crippen molar-refractivity contribution < 1.29 is 24.1 Å². The van der Waals surface area contributed by atoms with E-state index >= 15 is 0 Å². The number of nitrogens with one attached hydrogen (secondary N) is 1. The number of aliphatic carboxylic acids is 1. The molecule has 1 aromatic heterocycles. The number of benzene rings is 2. The number of aromatic nitrogens is 1. The summed E-state index contributed by atoms with van der Waals surface area (Å²) in [7, 11) is 4.10. The van der Waals surface area contributed by atoms with Crippen LogP contribution < -0.4 is 19.5 Å². The maximum Gasteiger partial charge on any atom is 0.329 e. The van der Waals surface area contributed by atoms with Crippen LogP contribution in [0.2, 0.25) is 5.02 Å². The number of fused-ring (bicyclic) bond motifs is 4. The van der Waals surface area contributed by atoms with Crippen LogP contribution in [0.1, 0.15) is 87.1 Å². The molecule has 1 fully saturated rings. The lowest BCUT2D eigenvalue weighted by molar-refractivity contribution is -0.144. The highest BCUT2D eigenvalue weighted by Crippen LogP contribution is 2.58. The van der Waals surface area contributed by atoms with E-state index in [0.29, 0.717) is 55.4 Å². The third-order valence-corrected chi connectivity index (χ3v) is 12.2. The van der Waals surface area contributed by atoms with Crippen LogP contribution in [0.4, 0.5) is 5.69 Å². The normalized spacial score (nSPS) is 28.0. The number of likely N-dealkylation sites (N-methyl/N-ethyl adjacent to an activating group) is 1. The molecule has 9 heteroatoms. The second kappa shape index (κ2) is 13.7. The first-order chi connectivity index (χ1) is 23.6. The molecule has 49 heavy (non-hydrogen) atoms. The highest BCUT2D eigenvalue weighted by atomic mass is 35.5. The molecule has 4 aliphatic rings. The summed E-state index contributed by atoms with van der Waals surface area (Å²) in [6.45, 7) is 6.35. The summed E-state index contributed by atoms with van der Waals surface area (Å²) in [5.41, 5.74) is 4.56. The number of ether oxygens (including phenoxy) is 3. The Morgan fingerprint density at radius 1 is 1.12 bits per heavy atom. The van der Waals surface area contributed by atoms with Gasteiger partial charge in [-0.15, -0.1) is 0 Å². The summed E-state index contributed by atoms with van der Waals surface area (Å²) in [4.78, 5) is 19.8. The predicted molar refractivity (Wildman–Crippen MR) is 193 cm³/mol. The zero-order valence-electron chi connectivity index (χ0n) is 29.3. The average molecular weight is 688 g/mol. The van der Waals surface area contributed by atoms with Gasteiger partial charge in [0, 0.05) is 28.2 Å². The molecule has 0 bridgehead atoms. The molecule has 2 N–H and O–H groups in total. The van der Waals surface area contributed by atoms with Crippen molar-refractivity contribution in [3.8, 4) is 17.2 Å². The van der Waals surface area contributed by atoms with Crippen LogP contribution in [0.25, 0.3) is 0 Å². The second-order valence-electron chi connectivity index (χ2n) is 15.4. The molecule has 4 atom stereocenters. The minimum absolute atomic E-state index is 0.169. The number of carboxylic acids is 1. The number of carbonyl (C=O) groups is 1. The molecule has 0 saturated heterocycles. The maximum atomic E-state index is 13.0. The highest BCUT2D eigenvalue weighted by molar-refractivity contribution is 6.30. The van der Waals surface area contributed by atoms with Crippen molar-refractivity contribution in [2.45, 2.75) is 94.5 Å². The van der Waals surface area contributed by atoms with Crippen molar-refractivity contribution in [1.29, 1.82) is 0 Å². The first-order valence-corrected chi connectivity index (χ1v) is 18.4. The fourth-order valence-electron chi connectivity index (χ4n) is 9.06. The minimum atomic E-state index is -1.07.